The van der Waals surface area contributed by atoms with Crippen LogP contribution in [-0.4, -0.2) is 37.9 Å². The van der Waals surface area contributed by atoms with Gasteiger partial charge in [0.05, 0.1) is 23.8 Å². The summed E-state index contributed by atoms with van der Waals surface area (Å²) in [5.74, 6) is 0.517. The molecule has 32 heavy (non-hydrogen) atoms. The van der Waals surface area contributed by atoms with Crippen molar-refractivity contribution < 1.29 is 13.9 Å². The van der Waals surface area contributed by atoms with E-state index < -0.39 is 5.82 Å². The Hall–Kier alpha value is -3.40. The van der Waals surface area contributed by atoms with Crippen molar-refractivity contribution in [3.8, 4) is 5.75 Å². The number of amides is 1. The van der Waals surface area contributed by atoms with Crippen LogP contribution in [-0.2, 0) is 11.3 Å². The highest BCUT2D eigenvalue weighted by atomic mass is 32.2. The van der Waals surface area contributed by atoms with Gasteiger partial charge in [-0.3, -0.25) is 18.6 Å². The number of halogens is 1. The minimum absolute atomic E-state index is 0.0734. The molecular weight excluding hydrogens is 433 g/mol. The van der Waals surface area contributed by atoms with Gasteiger partial charge in [0.25, 0.3) is 5.56 Å². The van der Waals surface area contributed by atoms with E-state index in [1.165, 1.54) is 34.5 Å². The number of fused-ring (bicyclic) bond motifs is 3. The fraction of sp³-hybridized carbons (Fsp3) is 0.273. The average Bonchev–Trinajstić information content (AvgIpc) is 3.19. The van der Waals surface area contributed by atoms with Crippen LogP contribution >= 0.6 is 11.8 Å². The highest BCUT2D eigenvalue weighted by molar-refractivity contribution is 7.99. The van der Waals surface area contributed by atoms with Crippen LogP contribution in [0.25, 0.3) is 16.7 Å². The second-order valence-corrected chi connectivity index (χ2v) is 8.60. The van der Waals surface area contributed by atoms with Gasteiger partial charge in [0.2, 0.25) is 11.7 Å². The summed E-state index contributed by atoms with van der Waals surface area (Å²) in [5.41, 5.74) is 0.792. The molecule has 2 aromatic carbocycles. The molecular formula is C22H22FN5O3S. The Labute approximate surface area is 187 Å². The van der Waals surface area contributed by atoms with Gasteiger partial charge in [-0.1, -0.05) is 31.7 Å². The van der Waals surface area contributed by atoms with Crippen molar-refractivity contribution in [2.45, 2.75) is 25.5 Å². The number of rotatable bonds is 7. The number of carbonyl (C=O) groups is 1. The molecule has 2 aromatic heterocycles. The monoisotopic (exact) mass is 455 g/mol. The number of carbonyl (C=O) groups excluding carboxylic acids is 1. The molecule has 0 saturated carbocycles. The zero-order chi connectivity index (χ0) is 22.8. The van der Waals surface area contributed by atoms with Gasteiger partial charge in [0.15, 0.2) is 5.16 Å². The fourth-order valence-corrected chi connectivity index (χ4v) is 4.15. The van der Waals surface area contributed by atoms with Crippen molar-refractivity contribution in [1.29, 1.82) is 0 Å². The van der Waals surface area contributed by atoms with Crippen LogP contribution in [0.3, 0.4) is 0 Å². The molecule has 10 heteroatoms. The van der Waals surface area contributed by atoms with Crippen LogP contribution in [0.5, 0.6) is 5.75 Å². The van der Waals surface area contributed by atoms with E-state index in [1.807, 2.05) is 13.8 Å². The number of ether oxygens (including phenoxy) is 1. The molecule has 0 bridgehead atoms. The smallest absolute Gasteiger partial charge is 0.262 e. The molecule has 1 amide bonds. The van der Waals surface area contributed by atoms with Crippen molar-refractivity contribution in [1.82, 2.24) is 19.2 Å². The van der Waals surface area contributed by atoms with Gasteiger partial charge in [-0.15, -0.1) is 10.2 Å². The number of methoxy groups -OCH3 is 1. The molecule has 0 spiro atoms. The number of anilines is 1. The maximum absolute atomic E-state index is 13.9. The predicted molar refractivity (Wildman–Crippen MR) is 122 cm³/mol. The van der Waals surface area contributed by atoms with Crippen molar-refractivity contribution in [2.75, 3.05) is 18.2 Å². The summed E-state index contributed by atoms with van der Waals surface area (Å²) in [6.07, 6.45) is 0. The van der Waals surface area contributed by atoms with Gasteiger partial charge in [-0.2, -0.15) is 0 Å². The molecule has 2 heterocycles. The Morgan fingerprint density at radius 1 is 1.22 bits per heavy atom. The van der Waals surface area contributed by atoms with Gasteiger partial charge in [-0.05, 0) is 36.2 Å². The number of nitrogens with one attached hydrogen (secondary N) is 1. The van der Waals surface area contributed by atoms with Crippen LogP contribution in [0.4, 0.5) is 10.1 Å². The van der Waals surface area contributed by atoms with Crippen molar-refractivity contribution in [3.63, 3.8) is 0 Å². The lowest BCUT2D eigenvalue weighted by Gasteiger charge is -2.13. The second-order valence-electron chi connectivity index (χ2n) is 7.66. The summed E-state index contributed by atoms with van der Waals surface area (Å²) in [4.78, 5) is 25.5. The summed E-state index contributed by atoms with van der Waals surface area (Å²) in [5, 5.41) is 11.9. The van der Waals surface area contributed by atoms with Gasteiger partial charge in [0.1, 0.15) is 11.6 Å². The summed E-state index contributed by atoms with van der Waals surface area (Å²) >= 11 is 1.18. The zero-order valence-corrected chi connectivity index (χ0v) is 18.6. The van der Waals surface area contributed by atoms with Gasteiger partial charge >= 0.3 is 0 Å². The molecule has 0 fully saturated rings. The maximum Gasteiger partial charge on any atom is 0.262 e. The minimum atomic E-state index is -0.495. The van der Waals surface area contributed by atoms with E-state index in [0.29, 0.717) is 34.4 Å². The van der Waals surface area contributed by atoms with Gasteiger partial charge in [-0.25, -0.2) is 4.39 Å². The van der Waals surface area contributed by atoms with Crippen LogP contribution in [0.1, 0.15) is 13.8 Å². The summed E-state index contributed by atoms with van der Waals surface area (Å²) in [7, 11) is 1.56. The second kappa shape index (κ2) is 8.99. The molecule has 0 unspecified atom stereocenters. The Bertz CT molecular complexity index is 1370. The van der Waals surface area contributed by atoms with E-state index in [1.54, 1.807) is 35.8 Å². The molecule has 4 aromatic rings. The Morgan fingerprint density at radius 2 is 2.03 bits per heavy atom. The maximum atomic E-state index is 13.9. The Balaban J connectivity index is 1.67. The van der Waals surface area contributed by atoms with E-state index in [2.05, 4.69) is 15.5 Å². The average molecular weight is 456 g/mol. The first-order valence-corrected chi connectivity index (χ1v) is 11.0. The first kappa shape index (κ1) is 21.8. The third-order valence-corrected chi connectivity index (χ3v) is 5.70. The third-order valence-electron chi connectivity index (χ3n) is 4.77. The lowest BCUT2D eigenvalue weighted by molar-refractivity contribution is -0.113. The molecule has 0 aliphatic rings. The van der Waals surface area contributed by atoms with Crippen molar-refractivity contribution in [3.05, 3.63) is 58.6 Å². The SMILES string of the molecule is COc1cccc(NC(=O)CSc2nnc3n(CC(C)C)c(=O)c4cc(F)ccc4n23)c1. The largest absolute Gasteiger partial charge is 0.497 e. The number of thioether (sulfide) groups is 1. The van der Waals surface area contributed by atoms with E-state index >= 15 is 0 Å². The van der Waals surface area contributed by atoms with Crippen molar-refractivity contribution >= 4 is 40.0 Å². The first-order chi connectivity index (χ1) is 15.4. The topological polar surface area (TPSA) is 90.5 Å². The Morgan fingerprint density at radius 3 is 2.78 bits per heavy atom. The predicted octanol–water partition coefficient (Wildman–Crippen LogP) is 3.58. The summed E-state index contributed by atoms with van der Waals surface area (Å²) in [6.45, 7) is 4.37. The molecule has 1 N–H and O–H groups in total. The van der Waals surface area contributed by atoms with Gasteiger partial charge < -0.3 is 10.1 Å². The molecule has 166 valence electrons. The van der Waals surface area contributed by atoms with E-state index in [4.69, 9.17) is 4.74 Å². The third kappa shape index (κ3) is 4.31. The van der Waals surface area contributed by atoms with E-state index in [-0.39, 0.29) is 28.5 Å². The molecule has 0 aliphatic carbocycles. The number of hydrogen-bond acceptors (Lipinski definition) is 6. The summed E-state index contributed by atoms with van der Waals surface area (Å²) in [6, 6.07) is 11.1. The normalized spacial score (nSPS) is 11.4. The zero-order valence-electron chi connectivity index (χ0n) is 17.8. The molecule has 0 saturated heterocycles. The molecule has 0 aliphatic heterocycles. The van der Waals surface area contributed by atoms with Crippen LogP contribution in [0, 0.1) is 11.7 Å². The lowest BCUT2D eigenvalue weighted by Crippen LogP contribution is -2.25. The van der Waals surface area contributed by atoms with E-state index in [0.717, 1.165) is 0 Å². The van der Waals surface area contributed by atoms with Gasteiger partial charge in [0, 0.05) is 18.3 Å². The van der Waals surface area contributed by atoms with Crippen molar-refractivity contribution in [2.24, 2.45) is 5.92 Å². The highest BCUT2D eigenvalue weighted by Crippen LogP contribution is 2.23. The van der Waals surface area contributed by atoms with Crippen LogP contribution in [0.2, 0.25) is 0 Å². The highest BCUT2D eigenvalue weighted by Gasteiger charge is 2.19. The number of aromatic nitrogens is 4. The lowest BCUT2D eigenvalue weighted by atomic mass is 10.2. The summed E-state index contributed by atoms with van der Waals surface area (Å²) < 4.78 is 22.3. The van der Waals surface area contributed by atoms with E-state index in [9.17, 15) is 14.0 Å². The number of nitrogens with zero attached hydrogens (tertiary/aromatic N) is 4. The number of hydrogen-bond donors (Lipinski definition) is 1. The molecule has 8 nitrogen and oxygen atoms in total. The Kier molecular flexibility index (Phi) is 6.13. The standard InChI is InChI=1S/C22H22FN5O3S/c1-13(2)11-27-20(30)17-9-14(23)7-8-18(17)28-21(27)25-26-22(28)32-12-19(29)24-15-5-4-6-16(10-15)31-3/h4-10,13H,11-12H2,1-3H3,(H,24,29). The molecule has 0 atom stereocenters. The first-order valence-electron chi connectivity index (χ1n) is 10.0. The number of benzene rings is 2. The fourth-order valence-electron chi connectivity index (χ4n) is 3.41. The van der Waals surface area contributed by atoms with Crippen LogP contribution in [0.15, 0.2) is 52.4 Å². The minimum Gasteiger partial charge on any atom is -0.497 e. The molecule has 0 radical (unpaired) electrons. The van der Waals surface area contributed by atoms with Crippen LogP contribution < -0.4 is 15.6 Å². The quantitative estimate of drug-likeness (QED) is 0.429. The molecule has 4 rings (SSSR count).